The van der Waals surface area contributed by atoms with Gasteiger partial charge in [0.1, 0.15) is 0 Å². The third kappa shape index (κ3) is 18.7. The quantitative estimate of drug-likeness (QED) is 0.700. The molecule has 0 spiro atoms. The molecule has 0 aromatic carbocycles. The van der Waals surface area contributed by atoms with E-state index in [-0.39, 0.29) is 37.7 Å². The van der Waals surface area contributed by atoms with Crippen molar-refractivity contribution < 1.29 is 19.8 Å². The minimum absolute atomic E-state index is 0. The number of carbonyl (C=O) groups is 2. The number of hydrogen-bond acceptors (Lipinski definition) is 3. The first-order valence-corrected chi connectivity index (χ1v) is 4.29. The molecule has 2 N–H and O–H groups in total. The van der Waals surface area contributed by atoms with E-state index in [9.17, 15) is 9.59 Å². The lowest BCUT2D eigenvalue weighted by Crippen LogP contribution is -1.99. The van der Waals surface area contributed by atoms with Gasteiger partial charge in [0.05, 0.1) is 12.8 Å². The zero-order valence-corrected chi connectivity index (χ0v) is 9.21. The van der Waals surface area contributed by atoms with Crippen LogP contribution in [-0.4, -0.2) is 33.7 Å². The minimum atomic E-state index is -0.840. The molecule has 0 bridgehead atoms. The van der Waals surface area contributed by atoms with Crippen molar-refractivity contribution in [3.8, 4) is 0 Å². The number of halogens is 2. The second kappa shape index (κ2) is 11.9. The van der Waals surface area contributed by atoms with E-state index in [0.29, 0.717) is 11.5 Å². The summed E-state index contributed by atoms with van der Waals surface area (Å²) in [7, 11) is 0. The summed E-state index contributed by atoms with van der Waals surface area (Å²) in [5, 5.41) is 16.4. The molecule has 0 aromatic heterocycles. The van der Waals surface area contributed by atoms with E-state index in [1.54, 1.807) is 0 Å². The molecule has 0 aliphatic rings. The number of hydrogen-bond donors (Lipinski definition) is 2. The highest BCUT2D eigenvalue weighted by molar-refractivity contribution is 7.99. The van der Waals surface area contributed by atoms with Gasteiger partial charge in [0, 0.05) is 11.5 Å². The summed E-state index contributed by atoms with van der Waals surface area (Å²) in [6.07, 6.45) is 0.203. The van der Waals surface area contributed by atoms with Crippen LogP contribution in [-0.2, 0) is 9.59 Å². The van der Waals surface area contributed by atoms with Crippen molar-refractivity contribution in [2.75, 3.05) is 11.5 Å². The smallest absolute Gasteiger partial charge is 0.304 e. The summed E-state index contributed by atoms with van der Waals surface area (Å²) in [4.78, 5) is 19.9. The lowest BCUT2D eigenvalue weighted by Gasteiger charge is -1.94. The standard InChI is InChI=1S/C6H10O4S.2ClH/c7-5(8)1-3-11-4-2-6(9)10;;/h1-4H2,(H,7,8)(H,9,10);2*1H. The molecule has 7 heteroatoms. The molecule has 0 aliphatic heterocycles. The van der Waals surface area contributed by atoms with Crippen LogP contribution in [0.15, 0.2) is 0 Å². The normalized spacial score (nSPS) is 8.00. The van der Waals surface area contributed by atoms with Crippen LogP contribution in [0.2, 0.25) is 0 Å². The number of carboxylic acids is 2. The summed E-state index contributed by atoms with van der Waals surface area (Å²) in [6.45, 7) is 0. The van der Waals surface area contributed by atoms with Crippen LogP contribution >= 0.6 is 36.6 Å². The topological polar surface area (TPSA) is 74.6 Å². The molecule has 0 atom stereocenters. The average Bonchev–Trinajstić information content (AvgIpc) is 1.85. The van der Waals surface area contributed by atoms with Crippen molar-refractivity contribution in [3.05, 3.63) is 0 Å². The number of rotatable bonds is 6. The van der Waals surface area contributed by atoms with Crippen molar-refractivity contribution in [2.45, 2.75) is 12.8 Å². The Labute approximate surface area is 92.9 Å². The van der Waals surface area contributed by atoms with Gasteiger partial charge >= 0.3 is 11.9 Å². The van der Waals surface area contributed by atoms with E-state index in [0.717, 1.165) is 0 Å². The molecule has 0 radical (unpaired) electrons. The summed E-state index contributed by atoms with van der Waals surface area (Å²) in [5.41, 5.74) is 0. The predicted molar refractivity (Wildman–Crippen MR) is 56.3 cm³/mol. The lowest BCUT2D eigenvalue weighted by atomic mass is 10.5. The molecule has 0 saturated carbocycles. The first-order chi connectivity index (χ1) is 5.13. The largest absolute Gasteiger partial charge is 0.481 e. The van der Waals surface area contributed by atoms with Crippen molar-refractivity contribution in [2.24, 2.45) is 0 Å². The molecule has 0 rings (SSSR count). The molecule has 0 fully saturated rings. The van der Waals surface area contributed by atoms with E-state index < -0.39 is 11.9 Å². The Balaban J connectivity index is -0.000000500. The molecule has 0 amide bonds. The van der Waals surface area contributed by atoms with Crippen LogP contribution in [0.1, 0.15) is 12.8 Å². The highest BCUT2D eigenvalue weighted by Crippen LogP contribution is 2.03. The van der Waals surface area contributed by atoms with E-state index in [4.69, 9.17) is 10.2 Å². The molecular formula is C6H12Cl2O4S. The van der Waals surface area contributed by atoms with Gasteiger partial charge in [-0.3, -0.25) is 9.59 Å². The lowest BCUT2D eigenvalue weighted by molar-refractivity contribution is -0.137. The minimum Gasteiger partial charge on any atom is -0.481 e. The van der Waals surface area contributed by atoms with Crippen molar-refractivity contribution in [3.63, 3.8) is 0 Å². The first-order valence-electron chi connectivity index (χ1n) is 3.14. The Morgan fingerprint density at radius 2 is 1.23 bits per heavy atom. The highest BCUT2D eigenvalue weighted by Gasteiger charge is 1.98. The van der Waals surface area contributed by atoms with Gasteiger partial charge in [-0.05, 0) is 0 Å². The Kier molecular flexibility index (Phi) is 17.0. The van der Waals surface area contributed by atoms with Crippen molar-refractivity contribution in [1.82, 2.24) is 0 Å². The third-order valence-corrected chi connectivity index (χ3v) is 1.91. The molecule has 0 aromatic rings. The number of carboxylic acid groups (broad SMARTS) is 2. The molecule has 0 aliphatic carbocycles. The number of aliphatic carboxylic acids is 2. The Morgan fingerprint density at radius 1 is 0.923 bits per heavy atom. The van der Waals surface area contributed by atoms with E-state index in [2.05, 4.69) is 0 Å². The summed E-state index contributed by atoms with van der Waals surface area (Å²) < 4.78 is 0. The van der Waals surface area contributed by atoms with Gasteiger partial charge in [0.15, 0.2) is 0 Å². The van der Waals surface area contributed by atoms with E-state index >= 15 is 0 Å². The second-order valence-electron chi connectivity index (χ2n) is 1.90. The van der Waals surface area contributed by atoms with Gasteiger partial charge in [0.25, 0.3) is 0 Å². The molecule has 13 heavy (non-hydrogen) atoms. The summed E-state index contributed by atoms with van der Waals surface area (Å²) in [5.74, 6) is -0.703. The maximum Gasteiger partial charge on any atom is 0.304 e. The predicted octanol–water partition coefficient (Wildman–Crippen LogP) is 1.51. The van der Waals surface area contributed by atoms with Gasteiger partial charge in [-0.15, -0.1) is 24.8 Å². The van der Waals surface area contributed by atoms with Crippen molar-refractivity contribution in [1.29, 1.82) is 0 Å². The second-order valence-corrected chi connectivity index (χ2v) is 3.12. The molecule has 4 nitrogen and oxygen atoms in total. The fourth-order valence-electron chi connectivity index (χ4n) is 0.421. The monoisotopic (exact) mass is 250 g/mol. The van der Waals surface area contributed by atoms with Crippen LogP contribution in [0.3, 0.4) is 0 Å². The highest BCUT2D eigenvalue weighted by atomic mass is 35.5. The zero-order chi connectivity index (χ0) is 8.69. The van der Waals surface area contributed by atoms with E-state index in [1.165, 1.54) is 11.8 Å². The van der Waals surface area contributed by atoms with Gasteiger partial charge in [0.2, 0.25) is 0 Å². The van der Waals surface area contributed by atoms with Gasteiger partial charge in [-0.1, -0.05) is 0 Å². The molecule has 0 heterocycles. The first kappa shape index (κ1) is 18.6. The van der Waals surface area contributed by atoms with Crippen LogP contribution in [0.25, 0.3) is 0 Å². The maximum atomic E-state index is 9.97. The molecule has 0 unspecified atom stereocenters. The molecular weight excluding hydrogens is 239 g/mol. The van der Waals surface area contributed by atoms with E-state index in [1.807, 2.05) is 0 Å². The Bertz CT molecular complexity index is 138. The van der Waals surface area contributed by atoms with Crippen LogP contribution in [0.5, 0.6) is 0 Å². The van der Waals surface area contributed by atoms with Gasteiger partial charge in [-0.25, -0.2) is 0 Å². The van der Waals surface area contributed by atoms with Crippen LogP contribution in [0, 0.1) is 0 Å². The fraction of sp³-hybridized carbons (Fsp3) is 0.667. The van der Waals surface area contributed by atoms with Crippen LogP contribution in [0.4, 0.5) is 0 Å². The maximum absolute atomic E-state index is 9.97. The molecule has 0 saturated heterocycles. The number of thioether (sulfide) groups is 1. The average molecular weight is 251 g/mol. The fourth-order valence-corrected chi connectivity index (χ4v) is 1.26. The van der Waals surface area contributed by atoms with Gasteiger partial charge in [-0.2, -0.15) is 11.8 Å². The SMILES string of the molecule is Cl.Cl.O=C(O)CCSCCC(=O)O. The molecule has 80 valence electrons. The zero-order valence-electron chi connectivity index (χ0n) is 6.76. The Hall–Kier alpha value is -0.130. The van der Waals surface area contributed by atoms with Gasteiger partial charge < -0.3 is 10.2 Å². The third-order valence-electron chi connectivity index (χ3n) is 0.921. The van der Waals surface area contributed by atoms with Crippen LogP contribution < -0.4 is 0 Å². The summed E-state index contributed by atoms with van der Waals surface area (Å²) in [6, 6.07) is 0. The summed E-state index contributed by atoms with van der Waals surface area (Å²) >= 11 is 1.35. The van der Waals surface area contributed by atoms with Crippen molar-refractivity contribution >= 4 is 48.5 Å². The Morgan fingerprint density at radius 3 is 1.46 bits per heavy atom.